The van der Waals surface area contributed by atoms with Gasteiger partial charge < -0.3 is 14.6 Å². The maximum Gasteiger partial charge on any atom is 0.341 e. The minimum absolute atomic E-state index is 0.0165. The van der Waals surface area contributed by atoms with Crippen LogP contribution in [0.1, 0.15) is 63.1 Å². The van der Waals surface area contributed by atoms with Gasteiger partial charge in [0.1, 0.15) is 16.6 Å². The second kappa shape index (κ2) is 10.3. The molecule has 0 aliphatic heterocycles. The lowest BCUT2D eigenvalue weighted by atomic mass is 9.95. The standard InChI is InChI=1S/C28H29N3O3S/c1-5-34-28(33)25-23-11-6-7-12-24(23)35-27(25)31-18(3)14-20(19(31)4)15-21(16-29)26(32)30-22-10-8-9-17(2)13-22/h8-10,13-15H,5-7,11-12H2,1-4H3,(H,30,32)/b21-15-. The van der Waals surface area contributed by atoms with E-state index in [0.717, 1.165) is 58.8 Å². The number of aryl methyl sites for hydroxylation is 3. The fourth-order valence-corrected chi connectivity index (χ4v) is 6.08. The predicted molar refractivity (Wildman–Crippen MR) is 139 cm³/mol. The van der Waals surface area contributed by atoms with Crippen LogP contribution in [-0.2, 0) is 22.4 Å². The van der Waals surface area contributed by atoms with Crippen LogP contribution in [0, 0.1) is 32.1 Å². The molecule has 35 heavy (non-hydrogen) atoms. The van der Waals surface area contributed by atoms with Gasteiger partial charge in [-0.3, -0.25) is 4.79 Å². The number of benzene rings is 1. The minimum Gasteiger partial charge on any atom is -0.462 e. The second-order valence-corrected chi connectivity index (χ2v) is 9.85. The largest absolute Gasteiger partial charge is 0.462 e. The molecule has 0 unspecified atom stereocenters. The lowest BCUT2D eigenvalue weighted by Gasteiger charge is -2.13. The number of aromatic nitrogens is 1. The summed E-state index contributed by atoms with van der Waals surface area (Å²) < 4.78 is 7.48. The second-order valence-electron chi connectivity index (χ2n) is 8.77. The average molecular weight is 488 g/mol. The lowest BCUT2D eigenvalue weighted by molar-refractivity contribution is -0.112. The number of ether oxygens (including phenoxy) is 1. The number of carbonyl (C=O) groups excluding carboxylic acids is 2. The molecule has 0 saturated heterocycles. The Balaban J connectivity index is 1.74. The summed E-state index contributed by atoms with van der Waals surface area (Å²) in [5.74, 6) is -0.747. The van der Waals surface area contributed by atoms with Crippen LogP contribution in [0.25, 0.3) is 11.1 Å². The van der Waals surface area contributed by atoms with Gasteiger partial charge in [0.15, 0.2) is 0 Å². The highest BCUT2D eigenvalue weighted by atomic mass is 32.1. The number of carbonyl (C=O) groups is 2. The van der Waals surface area contributed by atoms with Crippen LogP contribution in [0.5, 0.6) is 0 Å². The number of thiophene rings is 1. The predicted octanol–water partition coefficient (Wildman–Crippen LogP) is 6.07. The molecule has 0 fully saturated rings. The van der Waals surface area contributed by atoms with E-state index in [1.54, 1.807) is 23.5 Å². The zero-order chi connectivity index (χ0) is 25.1. The molecule has 0 bridgehead atoms. The summed E-state index contributed by atoms with van der Waals surface area (Å²) in [6.07, 6.45) is 5.64. The molecule has 1 amide bonds. The van der Waals surface area contributed by atoms with Crippen molar-refractivity contribution in [1.82, 2.24) is 4.57 Å². The molecule has 2 heterocycles. The van der Waals surface area contributed by atoms with Crippen LogP contribution in [-0.4, -0.2) is 23.1 Å². The number of fused-ring (bicyclic) bond motifs is 1. The summed E-state index contributed by atoms with van der Waals surface area (Å²) in [6, 6.07) is 11.4. The van der Waals surface area contributed by atoms with Gasteiger partial charge in [0.25, 0.3) is 5.91 Å². The van der Waals surface area contributed by atoms with E-state index in [2.05, 4.69) is 9.88 Å². The molecule has 1 aliphatic carbocycles. The number of nitrogens with one attached hydrogen (secondary N) is 1. The summed E-state index contributed by atoms with van der Waals surface area (Å²) >= 11 is 1.64. The highest BCUT2D eigenvalue weighted by molar-refractivity contribution is 7.15. The van der Waals surface area contributed by atoms with Crippen molar-refractivity contribution in [3.05, 3.63) is 74.4 Å². The van der Waals surface area contributed by atoms with Crippen LogP contribution in [0.4, 0.5) is 5.69 Å². The van der Waals surface area contributed by atoms with Crippen LogP contribution in [0.15, 0.2) is 35.9 Å². The molecule has 0 spiro atoms. The van der Waals surface area contributed by atoms with Gasteiger partial charge in [0.2, 0.25) is 0 Å². The molecule has 0 radical (unpaired) electrons. The topological polar surface area (TPSA) is 84.1 Å². The third-order valence-corrected chi connectivity index (χ3v) is 7.52. The summed E-state index contributed by atoms with van der Waals surface area (Å²) in [6.45, 7) is 7.99. The van der Waals surface area contributed by atoms with Gasteiger partial charge in [0.05, 0.1) is 12.2 Å². The van der Waals surface area contributed by atoms with Gasteiger partial charge in [-0.05, 0) is 94.3 Å². The van der Waals surface area contributed by atoms with E-state index in [9.17, 15) is 14.9 Å². The fraction of sp³-hybridized carbons (Fsp3) is 0.321. The van der Waals surface area contributed by atoms with E-state index in [1.165, 1.54) is 4.88 Å². The van der Waals surface area contributed by atoms with Gasteiger partial charge in [-0.1, -0.05) is 12.1 Å². The van der Waals surface area contributed by atoms with Crippen molar-refractivity contribution in [3.8, 4) is 11.1 Å². The van der Waals surface area contributed by atoms with Gasteiger partial charge in [-0.15, -0.1) is 11.3 Å². The van der Waals surface area contributed by atoms with Crippen LogP contribution >= 0.6 is 11.3 Å². The number of hydrogen-bond acceptors (Lipinski definition) is 5. The molecule has 2 aromatic heterocycles. The van der Waals surface area contributed by atoms with E-state index in [1.807, 2.05) is 58.0 Å². The first-order valence-corrected chi connectivity index (χ1v) is 12.7. The molecule has 180 valence electrons. The monoisotopic (exact) mass is 487 g/mol. The number of hydrogen-bond donors (Lipinski definition) is 1. The van der Waals surface area contributed by atoms with Gasteiger partial charge in [-0.25, -0.2) is 4.79 Å². The van der Waals surface area contributed by atoms with Crippen LogP contribution in [0.2, 0.25) is 0 Å². The highest BCUT2D eigenvalue weighted by Gasteiger charge is 2.28. The minimum atomic E-state index is -0.457. The molecule has 1 N–H and O–H groups in total. The molecular weight excluding hydrogens is 458 g/mol. The fourth-order valence-electron chi connectivity index (χ4n) is 4.59. The molecule has 7 heteroatoms. The maximum atomic E-state index is 13.0. The Hall–Kier alpha value is -3.63. The first-order chi connectivity index (χ1) is 16.8. The van der Waals surface area contributed by atoms with Crippen LogP contribution < -0.4 is 5.32 Å². The molecule has 1 aromatic carbocycles. The SMILES string of the molecule is CCOC(=O)c1c(-n2c(C)cc(/C=C(/C#N)C(=O)Nc3cccc(C)c3)c2C)sc2c1CCCC2. The molecular formula is C28H29N3O3S. The number of anilines is 1. The van der Waals surface area contributed by atoms with Crippen molar-refractivity contribution in [1.29, 1.82) is 5.26 Å². The van der Waals surface area contributed by atoms with Crippen molar-refractivity contribution < 1.29 is 14.3 Å². The first-order valence-electron chi connectivity index (χ1n) is 11.8. The quantitative estimate of drug-likeness (QED) is 0.260. The third kappa shape index (κ3) is 4.94. The van der Waals surface area contributed by atoms with Gasteiger partial charge in [0, 0.05) is 22.0 Å². The first kappa shape index (κ1) is 24.5. The molecule has 1 aliphatic rings. The molecule has 6 nitrogen and oxygen atoms in total. The van der Waals surface area contributed by atoms with E-state index in [-0.39, 0.29) is 11.5 Å². The summed E-state index contributed by atoms with van der Waals surface area (Å²) in [5, 5.41) is 13.4. The Bertz CT molecular complexity index is 1370. The smallest absolute Gasteiger partial charge is 0.341 e. The van der Waals surface area contributed by atoms with Gasteiger partial charge >= 0.3 is 5.97 Å². The average Bonchev–Trinajstić information content (AvgIpc) is 3.33. The lowest BCUT2D eigenvalue weighted by Crippen LogP contribution is -2.13. The number of amides is 1. The van der Waals surface area contributed by atoms with Crippen molar-refractivity contribution in [2.45, 2.75) is 53.4 Å². The van der Waals surface area contributed by atoms with Crippen LogP contribution in [0.3, 0.4) is 0 Å². The number of esters is 1. The summed E-state index contributed by atoms with van der Waals surface area (Å²) in [5.41, 5.74) is 5.99. The zero-order valence-electron chi connectivity index (χ0n) is 20.5. The van der Waals surface area contributed by atoms with Crippen molar-refractivity contribution in [2.75, 3.05) is 11.9 Å². The van der Waals surface area contributed by atoms with Crippen molar-refractivity contribution in [2.24, 2.45) is 0 Å². The van der Waals surface area contributed by atoms with Crippen molar-refractivity contribution >= 4 is 35.0 Å². The van der Waals surface area contributed by atoms with E-state index in [0.29, 0.717) is 17.9 Å². The summed E-state index contributed by atoms with van der Waals surface area (Å²) in [7, 11) is 0. The molecule has 0 atom stereocenters. The Morgan fingerprint density at radius 2 is 1.97 bits per heavy atom. The zero-order valence-corrected chi connectivity index (χ0v) is 21.3. The molecule has 0 saturated carbocycles. The Morgan fingerprint density at radius 1 is 1.20 bits per heavy atom. The maximum absolute atomic E-state index is 13.0. The Labute approximate surface area is 209 Å². The van der Waals surface area contributed by atoms with E-state index < -0.39 is 5.91 Å². The summed E-state index contributed by atoms with van der Waals surface area (Å²) in [4.78, 5) is 27.0. The van der Waals surface area contributed by atoms with Crippen molar-refractivity contribution in [3.63, 3.8) is 0 Å². The molecule has 3 aromatic rings. The Morgan fingerprint density at radius 3 is 2.69 bits per heavy atom. The van der Waals surface area contributed by atoms with E-state index >= 15 is 0 Å². The highest BCUT2D eigenvalue weighted by Crippen LogP contribution is 2.39. The van der Waals surface area contributed by atoms with Gasteiger partial charge in [-0.2, -0.15) is 5.26 Å². The number of rotatable bonds is 6. The molecule has 4 rings (SSSR count). The third-order valence-electron chi connectivity index (χ3n) is 6.25. The number of nitrogens with zero attached hydrogens (tertiary/aromatic N) is 2. The number of nitriles is 1. The Kier molecular flexibility index (Phi) is 7.23. The normalized spacial score (nSPS) is 13.2. The van der Waals surface area contributed by atoms with E-state index in [4.69, 9.17) is 4.74 Å².